The molecule has 12 heteroatoms. The molecule has 4 N–H and O–H groups in total. The number of nitrogens with zero attached hydrogens (tertiary/aromatic N) is 1. The second-order valence-electron chi connectivity index (χ2n) is 5.65. The summed E-state index contributed by atoms with van der Waals surface area (Å²) in [5.74, 6) is 0. The summed E-state index contributed by atoms with van der Waals surface area (Å²) in [6, 6.07) is 1.09. The third kappa shape index (κ3) is 5.13. The largest absolute Gasteiger partial charge is 0.396 e. The number of thiophene rings is 1. The normalized spacial score (nSPS) is 20.0. The van der Waals surface area contributed by atoms with E-state index in [9.17, 15) is 16.8 Å². The molecule has 0 saturated heterocycles. The predicted molar refractivity (Wildman–Crippen MR) is 99.1 cm³/mol. The van der Waals surface area contributed by atoms with Gasteiger partial charge in [0.25, 0.3) is 10.0 Å². The third-order valence-corrected chi connectivity index (χ3v) is 8.74. The van der Waals surface area contributed by atoms with E-state index >= 15 is 0 Å². The number of fused-ring (bicyclic) bond motifs is 1. The number of nitrogens with two attached hydrogens (primary N) is 1. The van der Waals surface area contributed by atoms with Gasteiger partial charge in [0.1, 0.15) is 8.42 Å². The highest BCUT2D eigenvalue weighted by molar-refractivity contribution is 7.94. The molecule has 1 aromatic rings. The van der Waals surface area contributed by atoms with Crippen molar-refractivity contribution < 1.29 is 21.9 Å². The Labute approximate surface area is 158 Å². The Balaban J connectivity index is 0.00000312. The van der Waals surface area contributed by atoms with Crippen LogP contribution < -0.4 is 10.5 Å². The number of sulfonamides is 2. The lowest BCUT2D eigenvalue weighted by Crippen LogP contribution is -2.43. The van der Waals surface area contributed by atoms with Gasteiger partial charge in [-0.25, -0.2) is 22.0 Å². The Bertz CT molecular complexity index is 779. The standard InChI is InChI=1S/C13H23N3O5S3.ClH/c1-2-5-15-11-9-16(6-3-4-7-17)24(20,21)13-10(11)8-12(22-13)23(14,18)19;/h8,11,15,17H,2-7,9H2,1H3,(H2,14,18,19);1H/t11-;/m0./s1. The summed E-state index contributed by atoms with van der Waals surface area (Å²) < 4.78 is 50.0. The van der Waals surface area contributed by atoms with E-state index in [2.05, 4.69) is 5.32 Å². The molecule has 8 nitrogen and oxygen atoms in total. The topological polar surface area (TPSA) is 130 Å². The molecule has 0 aromatic carbocycles. The lowest BCUT2D eigenvalue weighted by atomic mass is 10.1. The van der Waals surface area contributed by atoms with Crippen molar-refractivity contribution in [1.82, 2.24) is 9.62 Å². The molecule has 0 amide bonds. The molecule has 0 radical (unpaired) electrons. The fourth-order valence-corrected chi connectivity index (χ4v) is 6.88. The van der Waals surface area contributed by atoms with Crippen molar-refractivity contribution in [3.63, 3.8) is 0 Å². The molecule has 1 aromatic heterocycles. The summed E-state index contributed by atoms with van der Waals surface area (Å²) in [5, 5.41) is 17.3. The molecular weight excluding hydrogens is 410 g/mol. The van der Waals surface area contributed by atoms with E-state index in [0.29, 0.717) is 36.3 Å². The van der Waals surface area contributed by atoms with Crippen LogP contribution in [0.1, 0.15) is 37.8 Å². The van der Waals surface area contributed by atoms with E-state index in [1.54, 1.807) is 0 Å². The summed E-state index contributed by atoms with van der Waals surface area (Å²) in [5.41, 5.74) is 0.468. The average Bonchev–Trinajstić information content (AvgIpc) is 2.95. The van der Waals surface area contributed by atoms with E-state index in [1.165, 1.54) is 10.4 Å². The zero-order valence-electron chi connectivity index (χ0n) is 13.8. The van der Waals surface area contributed by atoms with Crippen LogP contribution in [0.3, 0.4) is 0 Å². The first-order chi connectivity index (χ1) is 11.2. The molecule has 146 valence electrons. The van der Waals surface area contributed by atoms with Crippen LogP contribution in [0.5, 0.6) is 0 Å². The van der Waals surface area contributed by atoms with Crippen molar-refractivity contribution in [3.05, 3.63) is 11.6 Å². The molecule has 0 bridgehead atoms. The maximum absolute atomic E-state index is 12.8. The van der Waals surface area contributed by atoms with Crippen molar-refractivity contribution >= 4 is 43.8 Å². The van der Waals surface area contributed by atoms with Gasteiger partial charge in [0.2, 0.25) is 10.0 Å². The molecule has 0 fully saturated rings. The smallest absolute Gasteiger partial charge is 0.252 e. The Kier molecular flexibility index (Phi) is 8.28. The molecule has 25 heavy (non-hydrogen) atoms. The van der Waals surface area contributed by atoms with Crippen molar-refractivity contribution in [1.29, 1.82) is 0 Å². The highest BCUT2D eigenvalue weighted by Gasteiger charge is 2.39. The summed E-state index contributed by atoms with van der Waals surface area (Å²) in [4.78, 5) is 0. The minimum absolute atomic E-state index is 0. The predicted octanol–water partition coefficient (Wildman–Crippen LogP) is 0.635. The number of rotatable bonds is 8. The second kappa shape index (κ2) is 9.09. The van der Waals surface area contributed by atoms with E-state index in [4.69, 9.17) is 10.2 Å². The molecule has 1 atom stereocenters. The van der Waals surface area contributed by atoms with Crippen molar-refractivity contribution in [3.8, 4) is 0 Å². The number of hydrogen-bond donors (Lipinski definition) is 3. The molecule has 0 aliphatic carbocycles. The van der Waals surface area contributed by atoms with Crippen LogP contribution in [0.25, 0.3) is 0 Å². The first-order valence-corrected chi connectivity index (χ1v) is 11.5. The highest BCUT2D eigenvalue weighted by atomic mass is 35.5. The van der Waals surface area contributed by atoms with Crippen LogP contribution in [0, 0.1) is 0 Å². The molecule has 0 saturated carbocycles. The number of hydrogen-bond acceptors (Lipinski definition) is 7. The minimum atomic E-state index is -3.95. The van der Waals surface area contributed by atoms with E-state index in [0.717, 1.165) is 6.42 Å². The summed E-state index contributed by atoms with van der Waals surface area (Å²) in [6.07, 6.45) is 1.92. The molecular formula is C13H24ClN3O5S3. The van der Waals surface area contributed by atoms with E-state index in [-0.39, 0.29) is 46.6 Å². The van der Waals surface area contributed by atoms with Gasteiger partial charge in [-0.3, -0.25) is 0 Å². The minimum Gasteiger partial charge on any atom is -0.396 e. The van der Waals surface area contributed by atoms with Gasteiger partial charge < -0.3 is 10.4 Å². The van der Waals surface area contributed by atoms with Gasteiger partial charge in [0, 0.05) is 31.3 Å². The fraction of sp³-hybridized carbons (Fsp3) is 0.692. The van der Waals surface area contributed by atoms with Crippen LogP contribution in [0.4, 0.5) is 0 Å². The first-order valence-electron chi connectivity index (χ1n) is 7.72. The summed E-state index contributed by atoms with van der Waals surface area (Å²) >= 11 is 0.697. The zero-order valence-corrected chi connectivity index (χ0v) is 17.1. The summed E-state index contributed by atoms with van der Waals surface area (Å²) in [7, 11) is -7.71. The molecule has 0 spiro atoms. The maximum Gasteiger partial charge on any atom is 0.252 e. The van der Waals surface area contributed by atoms with E-state index in [1.807, 2.05) is 6.92 Å². The Morgan fingerprint density at radius 1 is 1.44 bits per heavy atom. The van der Waals surface area contributed by atoms with Crippen LogP contribution in [0.15, 0.2) is 14.5 Å². The average molecular weight is 434 g/mol. The maximum atomic E-state index is 12.8. The first kappa shape index (κ1) is 22.8. The van der Waals surface area contributed by atoms with Gasteiger partial charge in [0.15, 0.2) is 0 Å². The van der Waals surface area contributed by atoms with Gasteiger partial charge in [-0.15, -0.1) is 23.7 Å². The lowest BCUT2D eigenvalue weighted by molar-refractivity contribution is 0.271. The van der Waals surface area contributed by atoms with Gasteiger partial charge in [-0.1, -0.05) is 6.92 Å². The van der Waals surface area contributed by atoms with Gasteiger partial charge in [-0.2, -0.15) is 4.31 Å². The molecule has 2 rings (SSSR count). The second-order valence-corrected chi connectivity index (χ2v) is 10.6. The Morgan fingerprint density at radius 3 is 2.68 bits per heavy atom. The monoisotopic (exact) mass is 433 g/mol. The molecule has 1 aliphatic rings. The number of aliphatic hydroxyl groups excluding tert-OH is 1. The van der Waals surface area contributed by atoms with Gasteiger partial charge in [0.05, 0.1) is 0 Å². The van der Waals surface area contributed by atoms with Crippen molar-refractivity contribution in [2.45, 2.75) is 40.6 Å². The number of nitrogens with one attached hydrogen (secondary N) is 1. The number of primary sulfonamides is 1. The molecule has 2 heterocycles. The lowest BCUT2D eigenvalue weighted by Gasteiger charge is -2.32. The SMILES string of the molecule is CCCN[C@H]1CN(CCCCO)S(=O)(=O)c2sc(S(N)(=O)=O)cc21.Cl. The zero-order chi connectivity index (χ0) is 18.0. The van der Waals surface area contributed by atoms with Crippen LogP contribution in [-0.2, 0) is 20.0 Å². The third-order valence-electron chi connectivity index (χ3n) is 3.77. The van der Waals surface area contributed by atoms with E-state index < -0.39 is 20.0 Å². The Morgan fingerprint density at radius 2 is 2.12 bits per heavy atom. The fourth-order valence-electron chi connectivity index (χ4n) is 2.57. The number of aliphatic hydroxyl groups is 1. The molecule has 1 aliphatic heterocycles. The summed E-state index contributed by atoms with van der Waals surface area (Å²) in [6.45, 7) is 3.22. The van der Waals surface area contributed by atoms with Crippen LogP contribution in [-0.4, -0.2) is 52.5 Å². The quantitative estimate of drug-likeness (QED) is 0.515. The van der Waals surface area contributed by atoms with Crippen LogP contribution in [0.2, 0.25) is 0 Å². The van der Waals surface area contributed by atoms with Crippen LogP contribution >= 0.6 is 23.7 Å². The van der Waals surface area contributed by atoms with Gasteiger partial charge >= 0.3 is 0 Å². The highest BCUT2D eigenvalue weighted by Crippen LogP contribution is 2.39. The number of unbranched alkanes of at least 4 members (excludes halogenated alkanes) is 1. The Hall–Kier alpha value is -0.270. The van der Waals surface area contributed by atoms with Gasteiger partial charge in [-0.05, 0) is 31.9 Å². The number of halogens is 1. The van der Waals surface area contributed by atoms with Crippen molar-refractivity contribution in [2.75, 3.05) is 26.2 Å². The van der Waals surface area contributed by atoms with Crippen molar-refractivity contribution in [2.24, 2.45) is 5.14 Å². The molecule has 0 unspecified atom stereocenters.